The second-order valence-electron chi connectivity index (χ2n) is 5.77. The summed E-state index contributed by atoms with van der Waals surface area (Å²) in [5.74, 6) is 0. The van der Waals surface area contributed by atoms with Crippen LogP contribution in [0.5, 0.6) is 0 Å². The van der Waals surface area contributed by atoms with Crippen molar-refractivity contribution in [3.05, 3.63) is 48.2 Å². The first-order chi connectivity index (χ1) is 10.9. The summed E-state index contributed by atoms with van der Waals surface area (Å²) >= 11 is 0. The van der Waals surface area contributed by atoms with Crippen molar-refractivity contribution >= 4 is 10.1 Å². The molecule has 0 aliphatic carbocycles. The maximum Gasteiger partial charge on any atom is 0.212 e. The Kier molecular flexibility index (Phi) is 5.91. The number of hydrogen-bond donors (Lipinski definition) is 0. The van der Waals surface area contributed by atoms with Crippen LogP contribution in [0.2, 0.25) is 0 Å². The number of aryl methyl sites for hydroxylation is 2. The van der Waals surface area contributed by atoms with Gasteiger partial charge in [0.15, 0.2) is 6.20 Å². The molecule has 0 radical (unpaired) electrons. The monoisotopic (exact) mass is 333 g/mol. The molecule has 0 saturated carbocycles. The third-order valence-electron chi connectivity index (χ3n) is 3.97. The maximum atomic E-state index is 11.3. The normalized spacial score (nSPS) is 11.6. The largest absolute Gasteiger partial charge is 0.744 e. The maximum absolute atomic E-state index is 11.3. The smallest absolute Gasteiger partial charge is 0.212 e. The van der Waals surface area contributed by atoms with E-state index in [1.165, 1.54) is 31.4 Å². The van der Waals surface area contributed by atoms with Crippen LogP contribution < -0.4 is 4.57 Å². The number of nitrogens with zero attached hydrogens (tertiary/aromatic N) is 1. The first-order valence-electron chi connectivity index (χ1n) is 7.99. The molecule has 0 bridgehead atoms. The third-order valence-corrected chi connectivity index (χ3v) is 4.80. The minimum absolute atomic E-state index is 0.181. The summed E-state index contributed by atoms with van der Waals surface area (Å²) in [4.78, 5) is -0.181. The van der Waals surface area contributed by atoms with Gasteiger partial charge in [0, 0.05) is 18.6 Å². The van der Waals surface area contributed by atoms with E-state index >= 15 is 0 Å². The van der Waals surface area contributed by atoms with Crippen molar-refractivity contribution in [2.75, 3.05) is 0 Å². The van der Waals surface area contributed by atoms with E-state index in [9.17, 15) is 13.0 Å². The van der Waals surface area contributed by atoms with Gasteiger partial charge >= 0.3 is 0 Å². The van der Waals surface area contributed by atoms with E-state index in [1.54, 1.807) is 6.07 Å². The van der Waals surface area contributed by atoms with E-state index in [0.717, 1.165) is 29.8 Å². The van der Waals surface area contributed by atoms with Crippen LogP contribution in [-0.2, 0) is 16.7 Å². The molecule has 0 unspecified atom stereocenters. The fourth-order valence-electron chi connectivity index (χ4n) is 2.66. The zero-order chi connectivity index (χ0) is 16.9. The van der Waals surface area contributed by atoms with Gasteiger partial charge in [-0.25, -0.2) is 8.42 Å². The van der Waals surface area contributed by atoms with Crippen molar-refractivity contribution in [1.82, 2.24) is 0 Å². The van der Waals surface area contributed by atoms with Gasteiger partial charge in [-0.05, 0) is 37.1 Å². The molecule has 0 aliphatic heterocycles. The molecule has 23 heavy (non-hydrogen) atoms. The van der Waals surface area contributed by atoms with E-state index in [2.05, 4.69) is 11.5 Å². The summed E-state index contributed by atoms with van der Waals surface area (Å²) in [7, 11) is -4.45. The van der Waals surface area contributed by atoms with Gasteiger partial charge in [0.2, 0.25) is 5.69 Å². The topological polar surface area (TPSA) is 61.1 Å². The fourth-order valence-corrected chi connectivity index (χ4v) is 3.15. The molecule has 0 N–H and O–H groups in total. The quantitative estimate of drug-likeness (QED) is 0.443. The lowest BCUT2D eigenvalue weighted by Crippen LogP contribution is -2.35. The van der Waals surface area contributed by atoms with Crippen molar-refractivity contribution < 1.29 is 17.5 Å². The highest BCUT2D eigenvalue weighted by Gasteiger charge is 2.16. The molecule has 2 aromatic rings. The number of pyridine rings is 1. The van der Waals surface area contributed by atoms with Gasteiger partial charge in [-0.15, -0.1) is 0 Å². The standard InChI is InChI=1S/C18H23NO3S/c1-3-4-5-7-12-19-13-8-6-9-18(19)17-14-16(23(20,21)22)11-10-15(17)2/h6,8-11,13-14H,3-5,7,12H2,1-2H3. The molecule has 0 saturated heterocycles. The van der Waals surface area contributed by atoms with Gasteiger partial charge in [-0.1, -0.05) is 25.8 Å². The lowest BCUT2D eigenvalue weighted by molar-refractivity contribution is -0.686. The molecular weight excluding hydrogens is 310 g/mol. The van der Waals surface area contributed by atoms with Gasteiger partial charge in [-0.3, -0.25) is 0 Å². The Morgan fingerprint density at radius 1 is 1.09 bits per heavy atom. The Labute approximate surface area is 138 Å². The number of hydrogen-bond acceptors (Lipinski definition) is 3. The van der Waals surface area contributed by atoms with E-state index in [0.29, 0.717) is 0 Å². The van der Waals surface area contributed by atoms with Gasteiger partial charge in [0.25, 0.3) is 0 Å². The van der Waals surface area contributed by atoms with Crippen LogP contribution in [0.3, 0.4) is 0 Å². The summed E-state index contributed by atoms with van der Waals surface area (Å²) in [6.07, 6.45) is 6.65. The third kappa shape index (κ3) is 4.62. The summed E-state index contributed by atoms with van der Waals surface area (Å²) < 4.78 is 36.0. The number of benzene rings is 1. The SMILES string of the molecule is CCCCCC[n+]1ccccc1-c1cc(S(=O)(=O)[O-])ccc1C. The van der Waals surface area contributed by atoms with Crippen LogP contribution >= 0.6 is 0 Å². The van der Waals surface area contributed by atoms with Crippen LogP contribution in [0, 0.1) is 6.92 Å². The van der Waals surface area contributed by atoms with Crippen molar-refractivity contribution in [3.63, 3.8) is 0 Å². The summed E-state index contributed by atoms with van der Waals surface area (Å²) in [5, 5.41) is 0. The zero-order valence-electron chi connectivity index (χ0n) is 13.7. The van der Waals surface area contributed by atoms with Crippen molar-refractivity contribution in [2.45, 2.75) is 51.0 Å². The van der Waals surface area contributed by atoms with Crippen LogP contribution in [0.4, 0.5) is 0 Å². The second-order valence-corrected chi connectivity index (χ2v) is 7.15. The zero-order valence-corrected chi connectivity index (χ0v) is 14.5. The molecule has 0 spiro atoms. The molecule has 4 nitrogen and oxygen atoms in total. The molecule has 0 amide bonds. The van der Waals surface area contributed by atoms with E-state index in [4.69, 9.17) is 0 Å². The van der Waals surface area contributed by atoms with Crippen LogP contribution in [0.1, 0.15) is 38.2 Å². The fraction of sp³-hybridized carbons (Fsp3) is 0.389. The molecule has 0 aliphatic rings. The van der Waals surface area contributed by atoms with Gasteiger partial charge < -0.3 is 4.55 Å². The lowest BCUT2D eigenvalue weighted by Gasteiger charge is -2.11. The molecule has 1 aromatic heterocycles. The van der Waals surface area contributed by atoms with Gasteiger partial charge in [0.1, 0.15) is 16.7 Å². The molecule has 1 aromatic carbocycles. The van der Waals surface area contributed by atoms with Crippen molar-refractivity contribution in [3.8, 4) is 11.3 Å². The predicted molar refractivity (Wildman–Crippen MR) is 88.9 cm³/mol. The number of unbranched alkanes of at least 4 members (excludes halogenated alkanes) is 3. The van der Waals surface area contributed by atoms with Crippen LogP contribution in [0.25, 0.3) is 11.3 Å². The molecule has 2 rings (SSSR count). The first-order valence-corrected chi connectivity index (χ1v) is 9.39. The highest BCUT2D eigenvalue weighted by molar-refractivity contribution is 7.85. The average molecular weight is 333 g/mol. The first kappa shape index (κ1) is 17.6. The molecule has 0 atom stereocenters. The minimum atomic E-state index is -4.45. The molecule has 5 heteroatoms. The molecule has 124 valence electrons. The van der Waals surface area contributed by atoms with E-state index in [-0.39, 0.29) is 4.90 Å². The highest BCUT2D eigenvalue weighted by atomic mass is 32.2. The van der Waals surface area contributed by atoms with E-state index < -0.39 is 10.1 Å². The second kappa shape index (κ2) is 7.70. The Bertz CT molecular complexity index is 770. The Balaban J connectivity index is 2.38. The van der Waals surface area contributed by atoms with Gasteiger partial charge in [-0.2, -0.15) is 4.57 Å². The van der Waals surface area contributed by atoms with Crippen LogP contribution in [0.15, 0.2) is 47.5 Å². The number of rotatable bonds is 7. The average Bonchev–Trinajstić information content (AvgIpc) is 2.51. The predicted octanol–water partition coefficient (Wildman–Crippen LogP) is 3.43. The summed E-state index contributed by atoms with van der Waals surface area (Å²) in [6.45, 7) is 4.98. The highest BCUT2D eigenvalue weighted by Crippen LogP contribution is 2.24. The Morgan fingerprint density at radius 2 is 1.87 bits per heavy atom. The Hall–Kier alpha value is -1.72. The summed E-state index contributed by atoms with van der Waals surface area (Å²) in [6, 6.07) is 10.4. The van der Waals surface area contributed by atoms with Crippen molar-refractivity contribution in [2.24, 2.45) is 0 Å². The number of aromatic nitrogens is 1. The lowest BCUT2D eigenvalue weighted by atomic mass is 10.0. The van der Waals surface area contributed by atoms with Crippen LogP contribution in [-0.4, -0.2) is 13.0 Å². The van der Waals surface area contributed by atoms with E-state index in [1.807, 2.05) is 31.3 Å². The van der Waals surface area contributed by atoms with Gasteiger partial charge in [0.05, 0.1) is 10.5 Å². The molecule has 0 fully saturated rings. The molecular formula is C18H23NO3S. The van der Waals surface area contributed by atoms with Crippen molar-refractivity contribution in [1.29, 1.82) is 0 Å². The molecule has 1 heterocycles. The minimum Gasteiger partial charge on any atom is -0.744 e. The Morgan fingerprint density at radius 3 is 2.57 bits per heavy atom. The summed E-state index contributed by atoms with van der Waals surface area (Å²) in [5.41, 5.74) is 2.68.